The maximum atomic E-state index is 12.0. The molecule has 94 valence electrons. The number of carboxylic acid groups (broad SMARTS) is 1. The first-order valence-electron chi connectivity index (χ1n) is 5.72. The first kappa shape index (κ1) is 13.5. The molecule has 1 N–H and O–H groups in total. The second-order valence-corrected chi connectivity index (χ2v) is 7.73. The maximum absolute atomic E-state index is 12.0. The molecule has 4 nitrogen and oxygen atoms in total. The smallest absolute Gasteiger partial charge is 0.306 e. The summed E-state index contributed by atoms with van der Waals surface area (Å²) < 4.78 is 24.0. The first-order chi connectivity index (χ1) is 7.26. The second-order valence-electron chi connectivity index (χ2n) is 5.00. The second kappa shape index (κ2) is 4.73. The molecule has 5 heteroatoms. The van der Waals surface area contributed by atoms with E-state index in [1.54, 1.807) is 13.8 Å². The summed E-state index contributed by atoms with van der Waals surface area (Å²) in [5.41, 5.74) is 0. The lowest BCUT2D eigenvalue weighted by Gasteiger charge is -2.33. The number of sulfone groups is 1. The molecule has 0 aliphatic heterocycles. The normalized spacial score (nSPS) is 31.6. The Hall–Kier alpha value is -0.580. The molecule has 0 amide bonds. The summed E-state index contributed by atoms with van der Waals surface area (Å²) in [7, 11) is -3.09. The molecule has 0 spiro atoms. The van der Waals surface area contributed by atoms with Crippen molar-refractivity contribution in [2.75, 3.05) is 0 Å². The number of carbonyl (C=O) groups is 1. The van der Waals surface area contributed by atoms with Crippen molar-refractivity contribution in [2.45, 2.75) is 50.5 Å². The van der Waals surface area contributed by atoms with Gasteiger partial charge in [-0.15, -0.1) is 0 Å². The van der Waals surface area contributed by atoms with Crippen molar-refractivity contribution in [3.05, 3.63) is 0 Å². The predicted octanol–water partition coefficient (Wildman–Crippen LogP) is 1.70. The van der Waals surface area contributed by atoms with Gasteiger partial charge in [0.15, 0.2) is 9.84 Å². The van der Waals surface area contributed by atoms with Crippen LogP contribution in [0.3, 0.4) is 0 Å². The van der Waals surface area contributed by atoms with E-state index in [4.69, 9.17) is 5.11 Å². The Morgan fingerprint density at radius 2 is 1.88 bits per heavy atom. The van der Waals surface area contributed by atoms with Gasteiger partial charge >= 0.3 is 5.97 Å². The van der Waals surface area contributed by atoms with Gasteiger partial charge in [0, 0.05) is 0 Å². The first-order valence-corrected chi connectivity index (χ1v) is 7.33. The Morgan fingerprint density at radius 3 is 2.25 bits per heavy atom. The fraction of sp³-hybridized carbons (Fsp3) is 0.909. The van der Waals surface area contributed by atoms with Crippen molar-refractivity contribution in [1.29, 1.82) is 0 Å². The molecule has 0 radical (unpaired) electrons. The van der Waals surface area contributed by atoms with Crippen LogP contribution in [-0.2, 0) is 14.6 Å². The van der Waals surface area contributed by atoms with Gasteiger partial charge in [-0.25, -0.2) is 8.42 Å². The van der Waals surface area contributed by atoms with E-state index in [0.29, 0.717) is 19.3 Å². The van der Waals surface area contributed by atoms with E-state index in [2.05, 4.69) is 0 Å². The quantitative estimate of drug-likeness (QED) is 0.825. The largest absolute Gasteiger partial charge is 0.481 e. The zero-order valence-electron chi connectivity index (χ0n) is 10.0. The van der Waals surface area contributed by atoms with E-state index in [0.717, 1.165) is 0 Å². The molecule has 0 saturated heterocycles. The lowest BCUT2D eigenvalue weighted by Crippen LogP contribution is -2.39. The lowest BCUT2D eigenvalue weighted by atomic mass is 9.82. The summed E-state index contributed by atoms with van der Waals surface area (Å²) in [6, 6.07) is 0. The molecule has 3 atom stereocenters. The van der Waals surface area contributed by atoms with Gasteiger partial charge < -0.3 is 5.11 Å². The van der Waals surface area contributed by atoms with Gasteiger partial charge in [0.05, 0.1) is 16.4 Å². The highest BCUT2D eigenvalue weighted by Gasteiger charge is 2.39. The van der Waals surface area contributed by atoms with Gasteiger partial charge in [0.25, 0.3) is 0 Å². The van der Waals surface area contributed by atoms with Gasteiger partial charge in [0.2, 0.25) is 0 Å². The average Bonchev–Trinajstić information content (AvgIpc) is 2.16. The molecule has 0 aromatic rings. The number of aliphatic carboxylic acids is 1. The summed E-state index contributed by atoms with van der Waals surface area (Å²) in [5, 5.41) is 8.17. The summed E-state index contributed by atoms with van der Waals surface area (Å²) >= 11 is 0. The van der Waals surface area contributed by atoms with E-state index in [-0.39, 0.29) is 22.3 Å². The molecule has 1 aliphatic rings. The van der Waals surface area contributed by atoms with Crippen molar-refractivity contribution >= 4 is 15.8 Å². The van der Waals surface area contributed by atoms with Crippen LogP contribution in [0, 0.1) is 11.8 Å². The molecule has 3 unspecified atom stereocenters. The van der Waals surface area contributed by atoms with Crippen molar-refractivity contribution in [3.8, 4) is 0 Å². The molecule has 0 aromatic carbocycles. The molecule has 1 rings (SSSR count). The Balaban J connectivity index is 2.79. The highest BCUT2D eigenvalue weighted by molar-refractivity contribution is 7.92. The van der Waals surface area contributed by atoms with E-state index >= 15 is 0 Å². The minimum atomic E-state index is -3.09. The highest BCUT2D eigenvalue weighted by Crippen LogP contribution is 2.34. The molecule has 0 heterocycles. The Morgan fingerprint density at radius 1 is 1.31 bits per heavy atom. The summed E-state index contributed by atoms with van der Waals surface area (Å²) in [5.74, 6) is -1.22. The summed E-state index contributed by atoms with van der Waals surface area (Å²) in [6.07, 6.45) is 1.45. The van der Waals surface area contributed by atoms with Crippen LogP contribution in [0.5, 0.6) is 0 Å². The van der Waals surface area contributed by atoms with Crippen LogP contribution >= 0.6 is 0 Å². The fourth-order valence-electron chi connectivity index (χ4n) is 2.43. The van der Waals surface area contributed by atoms with Gasteiger partial charge in [-0.3, -0.25) is 4.79 Å². The predicted molar refractivity (Wildman–Crippen MR) is 62.0 cm³/mol. The van der Waals surface area contributed by atoms with Crippen LogP contribution in [0.25, 0.3) is 0 Å². The molecule has 1 aliphatic carbocycles. The van der Waals surface area contributed by atoms with Gasteiger partial charge in [-0.1, -0.05) is 6.92 Å². The standard InChI is InChI=1S/C11H20O4S/c1-7(2)16(14,15)10-5-4-9(11(12)13)6-8(10)3/h7-10H,4-6H2,1-3H3,(H,12,13). The minimum Gasteiger partial charge on any atom is -0.481 e. The van der Waals surface area contributed by atoms with Gasteiger partial charge in [-0.2, -0.15) is 0 Å². The average molecular weight is 248 g/mol. The van der Waals surface area contributed by atoms with Crippen molar-refractivity contribution in [2.24, 2.45) is 11.8 Å². The molecule has 0 aromatic heterocycles. The fourth-order valence-corrected chi connectivity index (χ4v) is 4.35. The molecular formula is C11H20O4S. The minimum absolute atomic E-state index is 0.0535. The van der Waals surface area contributed by atoms with Gasteiger partial charge in [0.1, 0.15) is 0 Å². The van der Waals surface area contributed by atoms with Gasteiger partial charge in [-0.05, 0) is 39.0 Å². The Bertz CT molecular complexity index is 358. The number of carboxylic acids is 1. The van der Waals surface area contributed by atoms with E-state index in [1.807, 2.05) is 6.92 Å². The molecular weight excluding hydrogens is 228 g/mol. The molecule has 0 bridgehead atoms. The SMILES string of the molecule is CC1CC(C(=O)O)CCC1S(=O)(=O)C(C)C. The number of hydrogen-bond donors (Lipinski definition) is 1. The zero-order chi connectivity index (χ0) is 12.5. The van der Waals surface area contributed by atoms with Crippen molar-refractivity contribution in [1.82, 2.24) is 0 Å². The monoisotopic (exact) mass is 248 g/mol. The number of rotatable bonds is 3. The van der Waals surface area contributed by atoms with Crippen LogP contribution in [-0.4, -0.2) is 30.0 Å². The van der Waals surface area contributed by atoms with Crippen molar-refractivity contribution < 1.29 is 18.3 Å². The van der Waals surface area contributed by atoms with Crippen LogP contribution in [0.15, 0.2) is 0 Å². The topological polar surface area (TPSA) is 71.4 Å². The van der Waals surface area contributed by atoms with Crippen LogP contribution in [0.1, 0.15) is 40.0 Å². The van der Waals surface area contributed by atoms with Crippen molar-refractivity contribution in [3.63, 3.8) is 0 Å². The molecule has 16 heavy (non-hydrogen) atoms. The van der Waals surface area contributed by atoms with E-state index < -0.39 is 15.8 Å². The third-order valence-electron chi connectivity index (χ3n) is 3.52. The maximum Gasteiger partial charge on any atom is 0.306 e. The summed E-state index contributed by atoms with van der Waals surface area (Å²) in [4.78, 5) is 10.8. The van der Waals surface area contributed by atoms with E-state index in [1.165, 1.54) is 0 Å². The lowest BCUT2D eigenvalue weighted by molar-refractivity contribution is -0.143. The number of hydrogen-bond acceptors (Lipinski definition) is 3. The third kappa shape index (κ3) is 2.56. The molecule has 1 fully saturated rings. The molecule has 1 saturated carbocycles. The van der Waals surface area contributed by atoms with Crippen LogP contribution in [0.4, 0.5) is 0 Å². The Kier molecular flexibility index (Phi) is 3.99. The van der Waals surface area contributed by atoms with Crippen LogP contribution in [0.2, 0.25) is 0 Å². The van der Waals surface area contributed by atoms with Crippen LogP contribution < -0.4 is 0 Å². The highest BCUT2D eigenvalue weighted by atomic mass is 32.2. The summed E-state index contributed by atoms with van der Waals surface area (Å²) in [6.45, 7) is 5.22. The zero-order valence-corrected chi connectivity index (χ0v) is 10.8. The third-order valence-corrected chi connectivity index (χ3v) is 6.38. The van der Waals surface area contributed by atoms with E-state index in [9.17, 15) is 13.2 Å². The Labute approximate surface area is 97.0 Å².